The van der Waals surface area contributed by atoms with Crippen molar-refractivity contribution in [3.63, 3.8) is 0 Å². The monoisotopic (exact) mass is 322 g/mol. The van der Waals surface area contributed by atoms with E-state index < -0.39 is 0 Å². The van der Waals surface area contributed by atoms with Crippen molar-refractivity contribution in [1.82, 2.24) is 5.32 Å². The van der Waals surface area contributed by atoms with Gasteiger partial charge in [0.1, 0.15) is 0 Å². The highest BCUT2D eigenvalue weighted by atomic mass is 35.5. The van der Waals surface area contributed by atoms with E-state index in [-0.39, 0.29) is 24.4 Å². The highest BCUT2D eigenvalue weighted by Gasteiger charge is 2.05. The van der Waals surface area contributed by atoms with Crippen molar-refractivity contribution >= 4 is 41.7 Å². The Hall–Kier alpha value is -0.420. The van der Waals surface area contributed by atoms with E-state index >= 15 is 0 Å². The summed E-state index contributed by atoms with van der Waals surface area (Å²) in [4.78, 5) is 12.7. The molecule has 6 heteroatoms. The lowest BCUT2D eigenvalue weighted by atomic mass is 10.3. The van der Waals surface area contributed by atoms with Gasteiger partial charge in [0.05, 0.1) is 0 Å². The van der Waals surface area contributed by atoms with Crippen LogP contribution < -0.4 is 11.1 Å². The number of carbonyl (C=O) groups is 1. The van der Waals surface area contributed by atoms with Gasteiger partial charge in [-0.05, 0) is 43.4 Å². The lowest BCUT2D eigenvalue weighted by Crippen LogP contribution is -2.37. The van der Waals surface area contributed by atoms with Crippen molar-refractivity contribution in [3.05, 3.63) is 29.3 Å². The minimum atomic E-state index is 0. The largest absolute Gasteiger partial charge is 0.352 e. The number of benzene rings is 1. The van der Waals surface area contributed by atoms with Crippen molar-refractivity contribution in [1.29, 1.82) is 0 Å². The molecule has 3 nitrogen and oxygen atoms in total. The van der Waals surface area contributed by atoms with Crippen LogP contribution in [0.2, 0.25) is 5.02 Å². The van der Waals surface area contributed by atoms with Crippen molar-refractivity contribution in [2.24, 2.45) is 5.73 Å². The molecule has 0 radical (unpaired) electrons. The average Bonchev–Trinajstić information content (AvgIpc) is 2.36. The van der Waals surface area contributed by atoms with E-state index in [9.17, 15) is 4.79 Å². The quantitative estimate of drug-likeness (QED) is 0.599. The van der Waals surface area contributed by atoms with E-state index in [0.29, 0.717) is 13.0 Å². The smallest absolute Gasteiger partial charge is 0.220 e. The molecule has 0 aliphatic carbocycles. The van der Waals surface area contributed by atoms with Gasteiger partial charge in [-0.1, -0.05) is 11.6 Å². The van der Waals surface area contributed by atoms with Crippen LogP contribution in [0.15, 0.2) is 29.2 Å². The molecule has 3 N–H and O–H groups in total. The van der Waals surface area contributed by atoms with Gasteiger partial charge in [0.25, 0.3) is 0 Å². The number of halogens is 2. The summed E-state index contributed by atoms with van der Waals surface area (Å²) in [6.07, 6.45) is 1.40. The Kier molecular flexibility index (Phi) is 10.1. The van der Waals surface area contributed by atoms with Crippen LogP contribution in [0, 0.1) is 0 Å². The number of thioether (sulfide) groups is 1. The van der Waals surface area contributed by atoms with Crippen molar-refractivity contribution in [2.75, 3.05) is 12.3 Å². The third kappa shape index (κ3) is 8.37. The molecule has 0 saturated heterocycles. The van der Waals surface area contributed by atoms with E-state index in [0.717, 1.165) is 17.2 Å². The van der Waals surface area contributed by atoms with E-state index in [1.54, 1.807) is 11.8 Å². The molecular weight excluding hydrogens is 303 g/mol. The van der Waals surface area contributed by atoms with Crippen LogP contribution in [0.5, 0.6) is 0 Å². The summed E-state index contributed by atoms with van der Waals surface area (Å²) < 4.78 is 0. The molecule has 1 amide bonds. The number of amides is 1. The summed E-state index contributed by atoms with van der Waals surface area (Å²) in [5, 5.41) is 3.59. The summed E-state index contributed by atoms with van der Waals surface area (Å²) >= 11 is 7.54. The van der Waals surface area contributed by atoms with E-state index in [1.807, 2.05) is 31.2 Å². The van der Waals surface area contributed by atoms with Gasteiger partial charge in [-0.15, -0.1) is 24.2 Å². The first-order chi connectivity index (χ1) is 8.61. The van der Waals surface area contributed by atoms with Gasteiger partial charge >= 0.3 is 0 Å². The highest BCUT2D eigenvalue weighted by molar-refractivity contribution is 7.99. The molecule has 1 aromatic carbocycles. The SMILES string of the molecule is C[C@@H](CN)NC(=O)CCCSc1ccc(Cl)cc1.Cl. The standard InChI is InChI=1S/C13H19ClN2OS.ClH/c1-10(9-15)16-13(17)3-2-8-18-12-6-4-11(14)5-7-12;/h4-7,10H,2-3,8-9,15H2,1H3,(H,16,17);1H/t10-;/m0./s1. The molecule has 1 atom stereocenters. The molecule has 108 valence electrons. The summed E-state index contributed by atoms with van der Waals surface area (Å²) in [5.41, 5.74) is 5.43. The van der Waals surface area contributed by atoms with Crippen LogP contribution in [-0.2, 0) is 4.79 Å². The third-order valence-corrected chi connectivity index (χ3v) is 3.74. The maximum atomic E-state index is 11.5. The van der Waals surface area contributed by atoms with Gasteiger partial charge in [-0.2, -0.15) is 0 Å². The van der Waals surface area contributed by atoms with Crippen LogP contribution in [0.3, 0.4) is 0 Å². The van der Waals surface area contributed by atoms with Gasteiger partial charge in [-0.3, -0.25) is 4.79 Å². The molecule has 0 aliphatic heterocycles. The van der Waals surface area contributed by atoms with E-state index in [4.69, 9.17) is 17.3 Å². The van der Waals surface area contributed by atoms with Crippen LogP contribution in [0.25, 0.3) is 0 Å². The fraction of sp³-hybridized carbons (Fsp3) is 0.462. The highest BCUT2D eigenvalue weighted by Crippen LogP contribution is 2.21. The number of rotatable bonds is 7. The molecule has 0 saturated carbocycles. The minimum absolute atomic E-state index is 0. The second kappa shape index (κ2) is 10.4. The Bertz CT molecular complexity index is 373. The Labute approximate surface area is 130 Å². The second-order valence-electron chi connectivity index (χ2n) is 4.11. The molecule has 0 fully saturated rings. The maximum Gasteiger partial charge on any atom is 0.220 e. The van der Waals surface area contributed by atoms with Gasteiger partial charge in [-0.25, -0.2) is 0 Å². The molecule has 0 unspecified atom stereocenters. The summed E-state index contributed by atoms with van der Waals surface area (Å²) in [7, 11) is 0. The molecule has 0 aromatic heterocycles. The minimum Gasteiger partial charge on any atom is -0.352 e. The zero-order valence-corrected chi connectivity index (χ0v) is 13.3. The van der Waals surface area contributed by atoms with Crippen LogP contribution in [0.1, 0.15) is 19.8 Å². The van der Waals surface area contributed by atoms with Gasteiger partial charge in [0.15, 0.2) is 0 Å². The van der Waals surface area contributed by atoms with E-state index in [2.05, 4.69) is 5.32 Å². The summed E-state index contributed by atoms with van der Waals surface area (Å²) in [6, 6.07) is 7.79. The number of hydrogen-bond acceptors (Lipinski definition) is 3. The summed E-state index contributed by atoms with van der Waals surface area (Å²) in [5.74, 6) is 0.996. The Morgan fingerprint density at radius 2 is 2.05 bits per heavy atom. The fourth-order valence-electron chi connectivity index (χ4n) is 1.36. The average molecular weight is 323 g/mol. The molecule has 1 aromatic rings. The lowest BCUT2D eigenvalue weighted by Gasteiger charge is -2.10. The third-order valence-electron chi connectivity index (χ3n) is 2.39. The number of nitrogens with two attached hydrogens (primary N) is 1. The van der Waals surface area contributed by atoms with E-state index in [1.165, 1.54) is 4.90 Å². The summed E-state index contributed by atoms with van der Waals surface area (Å²) in [6.45, 7) is 2.38. The van der Waals surface area contributed by atoms with Gasteiger partial charge in [0.2, 0.25) is 5.91 Å². The molecular formula is C13H20Cl2N2OS. The molecule has 1 rings (SSSR count). The molecule has 19 heavy (non-hydrogen) atoms. The topological polar surface area (TPSA) is 55.1 Å². The Balaban J connectivity index is 0.00000324. The Morgan fingerprint density at radius 3 is 2.63 bits per heavy atom. The predicted molar refractivity (Wildman–Crippen MR) is 85.3 cm³/mol. The first kappa shape index (κ1) is 18.6. The predicted octanol–water partition coefficient (Wildman–Crippen LogP) is 3.10. The van der Waals surface area contributed by atoms with Crippen LogP contribution in [0.4, 0.5) is 0 Å². The Morgan fingerprint density at radius 1 is 1.42 bits per heavy atom. The van der Waals surface area contributed by atoms with Crippen molar-refractivity contribution < 1.29 is 4.79 Å². The molecule has 0 aliphatic rings. The molecule has 0 spiro atoms. The van der Waals surface area contributed by atoms with Gasteiger partial charge in [0, 0.05) is 28.9 Å². The number of hydrogen-bond donors (Lipinski definition) is 2. The number of carbonyl (C=O) groups excluding carboxylic acids is 1. The fourth-order valence-corrected chi connectivity index (χ4v) is 2.34. The van der Waals surface area contributed by atoms with Gasteiger partial charge < -0.3 is 11.1 Å². The van der Waals surface area contributed by atoms with Crippen molar-refractivity contribution in [2.45, 2.75) is 30.7 Å². The van der Waals surface area contributed by atoms with Crippen LogP contribution in [-0.4, -0.2) is 24.2 Å². The zero-order chi connectivity index (χ0) is 13.4. The first-order valence-corrected chi connectivity index (χ1v) is 7.36. The van der Waals surface area contributed by atoms with Crippen molar-refractivity contribution in [3.8, 4) is 0 Å². The number of nitrogens with one attached hydrogen (secondary N) is 1. The normalized spacial score (nSPS) is 11.5. The molecule has 0 heterocycles. The second-order valence-corrected chi connectivity index (χ2v) is 5.71. The molecule has 0 bridgehead atoms. The zero-order valence-electron chi connectivity index (χ0n) is 10.9. The maximum absolute atomic E-state index is 11.5. The first-order valence-electron chi connectivity index (χ1n) is 5.99. The lowest BCUT2D eigenvalue weighted by molar-refractivity contribution is -0.121. The van der Waals surface area contributed by atoms with Crippen LogP contribution >= 0.6 is 35.8 Å².